The van der Waals surface area contributed by atoms with Gasteiger partial charge in [-0.3, -0.25) is 4.79 Å². The van der Waals surface area contributed by atoms with Gasteiger partial charge in [0.1, 0.15) is 23.9 Å². The van der Waals surface area contributed by atoms with E-state index in [1.165, 1.54) is 17.4 Å². The largest absolute Gasteiger partial charge is 0.486 e. The van der Waals surface area contributed by atoms with Crippen LogP contribution < -0.4 is 4.74 Å². The summed E-state index contributed by atoms with van der Waals surface area (Å²) < 4.78 is 11.2. The molecule has 5 heteroatoms. The summed E-state index contributed by atoms with van der Waals surface area (Å²) in [5, 5.41) is 0.623. The van der Waals surface area contributed by atoms with Crippen molar-refractivity contribution in [2.24, 2.45) is 0 Å². The van der Waals surface area contributed by atoms with Crippen molar-refractivity contribution in [3.8, 4) is 5.75 Å². The molecule has 0 radical (unpaired) electrons. The molecule has 0 spiro atoms. The Labute approximate surface area is 149 Å². The molecule has 0 saturated carbocycles. The number of thiophene rings is 1. The first-order chi connectivity index (χ1) is 11.6. The fraction of sp³-hybridized carbons (Fsp3) is 0.105. The Hall–Kier alpha value is -2.30. The number of halogens is 1. The highest BCUT2D eigenvalue weighted by Gasteiger charge is 2.06. The zero-order valence-electron chi connectivity index (χ0n) is 13.0. The minimum Gasteiger partial charge on any atom is -0.486 e. The van der Waals surface area contributed by atoms with E-state index in [9.17, 15) is 4.79 Å². The molecule has 122 valence electrons. The topological polar surface area (TPSA) is 39.4 Å². The monoisotopic (exact) mass is 358 g/mol. The molecule has 0 aliphatic heterocycles. The third-order valence-corrected chi connectivity index (χ3v) is 4.49. The summed E-state index contributed by atoms with van der Waals surface area (Å²) in [4.78, 5) is 13.9. The second-order valence-corrected chi connectivity index (χ2v) is 6.88. The number of aryl methyl sites for hydroxylation is 1. The smallest absolute Gasteiger partial charge is 0.195 e. The van der Waals surface area contributed by atoms with Crippen LogP contribution in [0.15, 0.2) is 59.0 Å². The van der Waals surface area contributed by atoms with Crippen molar-refractivity contribution in [3.05, 3.63) is 80.9 Å². The minimum atomic E-state index is -0.0266. The summed E-state index contributed by atoms with van der Waals surface area (Å²) in [6.07, 6.45) is 3.19. The molecule has 2 aromatic heterocycles. The summed E-state index contributed by atoms with van der Waals surface area (Å²) in [5.41, 5.74) is 0. The van der Waals surface area contributed by atoms with E-state index in [0.29, 0.717) is 28.9 Å². The van der Waals surface area contributed by atoms with E-state index in [2.05, 4.69) is 0 Å². The second kappa shape index (κ2) is 7.51. The van der Waals surface area contributed by atoms with Crippen LogP contribution in [0.2, 0.25) is 5.02 Å². The number of allylic oxidation sites excluding steroid dienone is 1. The first-order valence-corrected chi connectivity index (χ1v) is 8.55. The van der Waals surface area contributed by atoms with Gasteiger partial charge in [-0.15, -0.1) is 11.3 Å². The molecule has 1 aromatic carbocycles. The molecule has 0 N–H and O–H groups in total. The number of ether oxygens (including phenoxy) is 1. The summed E-state index contributed by atoms with van der Waals surface area (Å²) in [6, 6.07) is 14.6. The van der Waals surface area contributed by atoms with Gasteiger partial charge in [0.15, 0.2) is 5.78 Å². The van der Waals surface area contributed by atoms with Gasteiger partial charge in [0.2, 0.25) is 0 Å². The summed E-state index contributed by atoms with van der Waals surface area (Å²) in [7, 11) is 0. The molecular weight excluding hydrogens is 344 g/mol. The molecule has 0 amide bonds. The van der Waals surface area contributed by atoms with Gasteiger partial charge < -0.3 is 9.15 Å². The molecule has 0 aliphatic carbocycles. The Bertz CT molecular complexity index is 876. The van der Waals surface area contributed by atoms with Crippen LogP contribution in [0.4, 0.5) is 0 Å². The van der Waals surface area contributed by atoms with Gasteiger partial charge in [-0.1, -0.05) is 17.7 Å². The highest BCUT2D eigenvalue weighted by atomic mass is 35.5. The van der Waals surface area contributed by atoms with Gasteiger partial charge in [0, 0.05) is 9.90 Å². The summed E-state index contributed by atoms with van der Waals surface area (Å²) in [5.74, 6) is 1.94. The van der Waals surface area contributed by atoms with Crippen LogP contribution in [0.3, 0.4) is 0 Å². The molecule has 0 unspecified atom stereocenters. The number of carbonyl (C=O) groups excluding carboxylic acids is 1. The lowest BCUT2D eigenvalue weighted by molar-refractivity contribution is 0.105. The fourth-order valence-electron chi connectivity index (χ4n) is 2.08. The normalized spacial score (nSPS) is 11.1. The van der Waals surface area contributed by atoms with Gasteiger partial charge >= 0.3 is 0 Å². The third-order valence-electron chi connectivity index (χ3n) is 3.24. The molecule has 0 saturated heterocycles. The van der Waals surface area contributed by atoms with Crippen molar-refractivity contribution < 1.29 is 13.9 Å². The van der Waals surface area contributed by atoms with Crippen LogP contribution in [0, 0.1) is 6.92 Å². The SMILES string of the molecule is Cc1ccc(C(=O)/C=C/c2ccc(COc3cccc(Cl)c3)o2)s1. The first kappa shape index (κ1) is 16.6. The zero-order valence-corrected chi connectivity index (χ0v) is 14.6. The van der Waals surface area contributed by atoms with Crippen molar-refractivity contribution in [2.45, 2.75) is 13.5 Å². The lowest BCUT2D eigenvalue weighted by atomic mass is 10.3. The second-order valence-electron chi connectivity index (χ2n) is 5.16. The number of benzene rings is 1. The number of hydrogen-bond donors (Lipinski definition) is 0. The predicted octanol–water partition coefficient (Wildman–Crippen LogP) is 5.78. The maximum Gasteiger partial charge on any atom is 0.195 e. The van der Waals surface area contributed by atoms with E-state index in [1.807, 2.05) is 37.3 Å². The van der Waals surface area contributed by atoms with Gasteiger partial charge in [-0.2, -0.15) is 0 Å². The molecule has 0 atom stereocenters. The van der Waals surface area contributed by atoms with Crippen molar-refractivity contribution in [1.29, 1.82) is 0 Å². The van der Waals surface area contributed by atoms with Crippen molar-refractivity contribution in [2.75, 3.05) is 0 Å². The van der Waals surface area contributed by atoms with E-state index < -0.39 is 0 Å². The molecule has 0 aliphatic rings. The third kappa shape index (κ3) is 4.37. The molecule has 3 rings (SSSR count). The number of carbonyl (C=O) groups is 1. The maximum atomic E-state index is 12.0. The van der Waals surface area contributed by atoms with Gasteiger partial charge in [0.25, 0.3) is 0 Å². The van der Waals surface area contributed by atoms with Crippen LogP contribution in [-0.2, 0) is 6.61 Å². The van der Waals surface area contributed by atoms with Crippen LogP contribution in [0.1, 0.15) is 26.1 Å². The number of ketones is 1. The number of furan rings is 1. The maximum absolute atomic E-state index is 12.0. The van der Waals surface area contributed by atoms with Crippen molar-refractivity contribution >= 4 is 34.8 Å². The molecule has 0 fully saturated rings. The molecule has 0 bridgehead atoms. The summed E-state index contributed by atoms with van der Waals surface area (Å²) >= 11 is 7.39. The fourth-order valence-corrected chi connectivity index (χ4v) is 3.05. The highest BCUT2D eigenvalue weighted by molar-refractivity contribution is 7.14. The van der Waals surface area contributed by atoms with Crippen molar-refractivity contribution in [1.82, 2.24) is 0 Å². The quantitative estimate of drug-likeness (QED) is 0.414. The van der Waals surface area contributed by atoms with Gasteiger partial charge in [-0.25, -0.2) is 0 Å². The Balaban J connectivity index is 1.59. The van der Waals surface area contributed by atoms with Crippen LogP contribution in [0.25, 0.3) is 6.08 Å². The van der Waals surface area contributed by atoms with E-state index in [0.717, 1.165) is 9.75 Å². The minimum absolute atomic E-state index is 0.0266. The van der Waals surface area contributed by atoms with Crippen LogP contribution in [-0.4, -0.2) is 5.78 Å². The average Bonchev–Trinajstić information content (AvgIpc) is 3.20. The average molecular weight is 359 g/mol. The lowest BCUT2D eigenvalue weighted by Gasteiger charge is -2.03. The standard InChI is InChI=1S/C19H15ClO3S/c1-13-5-10-19(24-13)18(21)9-8-15-6-7-17(23-15)12-22-16-4-2-3-14(20)11-16/h2-11H,12H2,1H3/b9-8+. The van der Waals surface area contributed by atoms with E-state index in [-0.39, 0.29) is 5.78 Å². The Morgan fingerprint density at radius 2 is 2.12 bits per heavy atom. The van der Waals surface area contributed by atoms with Gasteiger partial charge in [-0.05, 0) is 61.5 Å². The lowest BCUT2D eigenvalue weighted by Crippen LogP contribution is -1.93. The molecule has 24 heavy (non-hydrogen) atoms. The molecule has 3 nitrogen and oxygen atoms in total. The van der Waals surface area contributed by atoms with Crippen LogP contribution in [0.5, 0.6) is 5.75 Å². The summed E-state index contributed by atoms with van der Waals surface area (Å²) in [6.45, 7) is 2.27. The zero-order chi connectivity index (χ0) is 16.9. The van der Waals surface area contributed by atoms with E-state index in [4.69, 9.17) is 20.8 Å². The van der Waals surface area contributed by atoms with E-state index >= 15 is 0 Å². The molecule has 3 aromatic rings. The van der Waals surface area contributed by atoms with Crippen molar-refractivity contribution in [3.63, 3.8) is 0 Å². The number of hydrogen-bond acceptors (Lipinski definition) is 4. The Morgan fingerprint density at radius 1 is 1.25 bits per heavy atom. The highest BCUT2D eigenvalue weighted by Crippen LogP contribution is 2.20. The molecular formula is C19H15ClO3S. The van der Waals surface area contributed by atoms with Gasteiger partial charge in [0.05, 0.1) is 4.88 Å². The molecule has 2 heterocycles. The van der Waals surface area contributed by atoms with Crippen LogP contribution >= 0.6 is 22.9 Å². The number of rotatable bonds is 6. The predicted molar refractivity (Wildman–Crippen MR) is 96.9 cm³/mol. The first-order valence-electron chi connectivity index (χ1n) is 7.36. The Morgan fingerprint density at radius 3 is 2.88 bits per heavy atom. The Kier molecular flexibility index (Phi) is 5.18. The van der Waals surface area contributed by atoms with E-state index in [1.54, 1.807) is 24.3 Å².